The number of anilines is 1. The fourth-order valence-electron chi connectivity index (χ4n) is 2.44. The van der Waals surface area contributed by atoms with Crippen molar-refractivity contribution in [1.82, 2.24) is 0 Å². The summed E-state index contributed by atoms with van der Waals surface area (Å²) >= 11 is 0. The van der Waals surface area contributed by atoms with Gasteiger partial charge in [0, 0.05) is 32.4 Å². The van der Waals surface area contributed by atoms with E-state index in [1.54, 1.807) is 0 Å². The van der Waals surface area contributed by atoms with E-state index in [1.165, 1.54) is 24.1 Å². The average molecular weight is 248 g/mol. The van der Waals surface area contributed by atoms with Crippen molar-refractivity contribution in [2.75, 3.05) is 25.6 Å². The highest BCUT2D eigenvalue weighted by Gasteiger charge is 2.17. The molecule has 1 aromatic carbocycles. The van der Waals surface area contributed by atoms with Crippen LogP contribution in [0.25, 0.3) is 0 Å². The lowest BCUT2D eigenvalue weighted by Crippen LogP contribution is -2.15. The minimum atomic E-state index is 0.120. The molecule has 2 atom stereocenters. The van der Waals surface area contributed by atoms with Crippen molar-refractivity contribution in [3.63, 3.8) is 0 Å². The highest BCUT2D eigenvalue weighted by atomic mass is 16.5. The van der Waals surface area contributed by atoms with Crippen molar-refractivity contribution < 1.29 is 4.74 Å². The monoisotopic (exact) mass is 248 g/mol. The molecule has 1 heterocycles. The zero-order chi connectivity index (χ0) is 13.0. The number of ether oxygens (including phenoxy) is 1. The molecule has 1 saturated heterocycles. The second-order valence-electron chi connectivity index (χ2n) is 5.31. The Morgan fingerprint density at radius 1 is 1.44 bits per heavy atom. The molecule has 2 N–H and O–H groups in total. The van der Waals surface area contributed by atoms with Gasteiger partial charge >= 0.3 is 0 Å². The molecule has 1 aliphatic heterocycles. The van der Waals surface area contributed by atoms with Crippen LogP contribution in [0.5, 0.6) is 0 Å². The Bertz CT molecular complexity index is 373. The maximum atomic E-state index is 6.27. The van der Waals surface area contributed by atoms with E-state index in [1.807, 2.05) is 0 Å². The largest absolute Gasteiger partial charge is 0.378 e. The van der Waals surface area contributed by atoms with E-state index >= 15 is 0 Å². The third-order valence-electron chi connectivity index (χ3n) is 3.64. The fraction of sp³-hybridized carbons (Fsp3) is 0.600. The molecule has 0 radical (unpaired) electrons. The molecule has 1 aromatic rings. The standard InChI is InChI=1S/C15H24N2O/c1-17(2)13-6-3-5-12(11-13)15(16)9-8-14-7-4-10-18-14/h3,5-6,11,14-15H,4,7-10,16H2,1-2H3. The molecule has 0 amide bonds. The predicted molar refractivity (Wildman–Crippen MR) is 75.9 cm³/mol. The van der Waals surface area contributed by atoms with E-state index in [-0.39, 0.29) is 6.04 Å². The lowest BCUT2D eigenvalue weighted by molar-refractivity contribution is 0.101. The number of nitrogens with zero attached hydrogens (tertiary/aromatic N) is 1. The molecule has 1 aliphatic rings. The molecular weight excluding hydrogens is 224 g/mol. The quantitative estimate of drug-likeness (QED) is 0.870. The van der Waals surface area contributed by atoms with E-state index in [0.717, 1.165) is 19.4 Å². The molecular formula is C15H24N2O. The summed E-state index contributed by atoms with van der Waals surface area (Å²) in [6.07, 6.45) is 4.92. The van der Waals surface area contributed by atoms with Crippen molar-refractivity contribution in [2.24, 2.45) is 5.73 Å². The molecule has 100 valence electrons. The van der Waals surface area contributed by atoms with Crippen LogP contribution in [0.3, 0.4) is 0 Å². The molecule has 3 nitrogen and oxygen atoms in total. The zero-order valence-electron chi connectivity index (χ0n) is 11.4. The predicted octanol–water partition coefficient (Wildman–Crippen LogP) is 2.71. The molecule has 0 aliphatic carbocycles. The molecule has 2 unspecified atom stereocenters. The van der Waals surface area contributed by atoms with Crippen LogP contribution in [0.4, 0.5) is 5.69 Å². The normalized spacial score (nSPS) is 20.9. The first-order valence-corrected chi connectivity index (χ1v) is 6.81. The second-order valence-corrected chi connectivity index (χ2v) is 5.31. The highest BCUT2D eigenvalue weighted by Crippen LogP contribution is 2.24. The molecule has 1 fully saturated rings. The Kier molecular flexibility index (Phi) is 4.61. The number of benzene rings is 1. The second kappa shape index (κ2) is 6.21. The van der Waals surface area contributed by atoms with Crippen LogP contribution in [0.1, 0.15) is 37.3 Å². The summed E-state index contributed by atoms with van der Waals surface area (Å²) in [6, 6.07) is 8.61. The Balaban J connectivity index is 1.91. The van der Waals surface area contributed by atoms with E-state index in [4.69, 9.17) is 10.5 Å². The summed E-state index contributed by atoms with van der Waals surface area (Å²) in [7, 11) is 4.11. The van der Waals surface area contributed by atoms with Crippen molar-refractivity contribution in [3.05, 3.63) is 29.8 Å². The smallest absolute Gasteiger partial charge is 0.0576 e. The van der Waals surface area contributed by atoms with Gasteiger partial charge in [0.1, 0.15) is 0 Å². The van der Waals surface area contributed by atoms with Gasteiger partial charge in [0.25, 0.3) is 0 Å². The van der Waals surface area contributed by atoms with Crippen LogP contribution in [0.15, 0.2) is 24.3 Å². The van der Waals surface area contributed by atoms with Gasteiger partial charge in [0.2, 0.25) is 0 Å². The maximum absolute atomic E-state index is 6.27. The zero-order valence-corrected chi connectivity index (χ0v) is 11.4. The summed E-state index contributed by atoms with van der Waals surface area (Å²) in [4.78, 5) is 2.11. The third-order valence-corrected chi connectivity index (χ3v) is 3.64. The van der Waals surface area contributed by atoms with Gasteiger partial charge in [-0.25, -0.2) is 0 Å². The van der Waals surface area contributed by atoms with Crippen molar-refractivity contribution in [2.45, 2.75) is 37.8 Å². The van der Waals surface area contributed by atoms with E-state index in [0.29, 0.717) is 6.10 Å². The first-order valence-electron chi connectivity index (χ1n) is 6.81. The van der Waals surface area contributed by atoms with Gasteiger partial charge in [-0.05, 0) is 43.4 Å². The topological polar surface area (TPSA) is 38.5 Å². The lowest BCUT2D eigenvalue weighted by Gasteiger charge is -2.18. The van der Waals surface area contributed by atoms with Gasteiger partial charge in [0.15, 0.2) is 0 Å². The summed E-state index contributed by atoms with van der Waals surface area (Å²) in [6.45, 7) is 0.927. The van der Waals surface area contributed by atoms with Gasteiger partial charge in [-0.2, -0.15) is 0 Å². The van der Waals surface area contributed by atoms with Crippen molar-refractivity contribution >= 4 is 5.69 Å². The average Bonchev–Trinajstić information content (AvgIpc) is 2.89. The lowest BCUT2D eigenvalue weighted by atomic mass is 9.99. The van der Waals surface area contributed by atoms with E-state index < -0.39 is 0 Å². The molecule has 0 spiro atoms. The van der Waals surface area contributed by atoms with Crippen LogP contribution in [-0.2, 0) is 4.74 Å². The maximum Gasteiger partial charge on any atom is 0.0576 e. The van der Waals surface area contributed by atoms with Gasteiger partial charge in [-0.1, -0.05) is 12.1 Å². The Hall–Kier alpha value is -1.06. The SMILES string of the molecule is CN(C)c1cccc(C(N)CCC2CCCO2)c1. The van der Waals surface area contributed by atoms with Crippen molar-refractivity contribution in [3.8, 4) is 0 Å². The van der Waals surface area contributed by atoms with E-state index in [2.05, 4.69) is 43.3 Å². The summed E-state index contributed by atoms with van der Waals surface area (Å²) in [5.74, 6) is 0. The fourth-order valence-corrected chi connectivity index (χ4v) is 2.44. The van der Waals surface area contributed by atoms with Gasteiger partial charge in [0.05, 0.1) is 6.10 Å². The number of hydrogen-bond acceptors (Lipinski definition) is 3. The van der Waals surface area contributed by atoms with Crippen LogP contribution >= 0.6 is 0 Å². The molecule has 0 saturated carbocycles. The van der Waals surface area contributed by atoms with Crippen LogP contribution in [-0.4, -0.2) is 26.8 Å². The third kappa shape index (κ3) is 3.47. The minimum Gasteiger partial charge on any atom is -0.378 e. The molecule has 2 rings (SSSR count). The minimum absolute atomic E-state index is 0.120. The van der Waals surface area contributed by atoms with Gasteiger partial charge in [-0.15, -0.1) is 0 Å². The van der Waals surface area contributed by atoms with Crippen molar-refractivity contribution in [1.29, 1.82) is 0 Å². The van der Waals surface area contributed by atoms with Gasteiger partial charge in [-0.3, -0.25) is 0 Å². The molecule has 3 heteroatoms. The molecule has 18 heavy (non-hydrogen) atoms. The number of rotatable bonds is 5. The van der Waals surface area contributed by atoms with Crippen LogP contribution in [0, 0.1) is 0 Å². The first-order chi connectivity index (χ1) is 8.66. The summed E-state index contributed by atoms with van der Waals surface area (Å²) in [5, 5.41) is 0. The van der Waals surface area contributed by atoms with Crippen LogP contribution in [0.2, 0.25) is 0 Å². The van der Waals surface area contributed by atoms with Gasteiger partial charge < -0.3 is 15.4 Å². The molecule has 0 bridgehead atoms. The summed E-state index contributed by atoms with van der Waals surface area (Å²) < 4.78 is 5.64. The Morgan fingerprint density at radius 2 is 2.28 bits per heavy atom. The Labute approximate surface area is 110 Å². The number of nitrogens with two attached hydrogens (primary N) is 1. The first kappa shape index (κ1) is 13.4. The van der Waals surface area contributed by atoms with E-state index in [9.17, 15) is 0 Å². The highest BCUT2D eigenvalue weighted by molar-refractivity contribution is 5.47. The summed E-state index contributed by atoms with van der Waals surface area (Å²) in [5.41, 5.74) is 8.70. The number of hydrogen-bond donors (Lipinski definition) is 1. The Morgan fingerprint density at radius 3 is 2.94 bits per heavy atom. The van der Waals surface area contributed by atoms with Crippen LogP contribution < -0.4 is 10.6 Å². The molecule has 0 aromatic heterocycles.